The summed E-state index contributed by atoms with van der Waals surface area (Å²) in [6.07, 6.45) is 0. The van der Waals surface area contributed by atoms with Gasteiger partial charge in [-0.15, -0.1) is 0 Å². The molecule has 0 aliphatic rings. The fraction of sp³-hybridized carbons (Fsp3) is 0.176. The van der Waals surface area contributed by atoms with Crippen LogP contribution in [-0.2, 0) is 4.79 Å². The zero-order chi connectivity index (χ0) is 18.0. The molecule has 0 bridgehead atoms. The van der Waals surface area contributed by atoms with Crippen LogP contribution in [0.15, 0.2) is 41.2 Å². The molecular formula is C17H17ClN4O3. The molecule has 0 aliphatic carbocycles. The van der Waals surface area contributed by atoms with Crippen molar-refractivity contribution in [1.82, 2.24) is 9.97 Å². The summed E-state index contributed by atoms with van der Waals surface area (Å²) in [5, 5.41) is 6.30. The Morgan fingerprint density at radius 1 is 1.12 bits per heavy atom. The van der Waals surface area contributed by atoms with Crippen molar-refractivity contribution in [3.63, 3.8) is 0 Å². The summed E-state index contributed by atoms with van der Waals surface area (Å²) in [6.45, 7) is 1.74. The summed E-state index contributed by atoms with van der Waals surface area (Å²) in [6, 6.07) is 9.86. The van der Waals surface area contributed by atoms with E-state index in [0.29, 0.717) is 27.5 Å². The zero-order valence-electron chi connectivity index (χ0n) is 13.6. The number of nitrogens with one attached hydrogen (secondary N) is 4. The summed E-state index contributed by atoms with van der Waals surface area (Å²) in [5.74, 6) is 0.323. The van der Waals surface area contributed by atoms with Gasteiger partial charge >= 0.3 is 5.69 Å². The number of hydrogen-bond acceptors (Lipinski definition) is 4. The Bertz CT molecular complexity index is 979. The van der Waals surface area contributed by atoms with Gasteiger partial charge < -0.3 is 25.3 Å². The second-order valence-corrected chi connectivity index (χ2v) is 5.95. The van der Waals surface area contributed by atoms with E-state index in [1.807, 2.05) is 0 Å². The molecule has 0 fully saturated rings. The minimum absolute atomic E-state index is 0.219. The number of carbonyl (C=O) groups is 1. The van der Waals surface area contributed by atoms with Crippen molar-refractivity contribution in [2.24, 2.45) is 0 Å². The molecule has 25 heavy (non-hydrogen) atoms. The zero-order valence-corrected chi connectivity index (χ0v) is 14.4. The smallest absolute Gasteiger partial charge is 0.323 e. The lowest BCUT2D eigenvalue weighted by Crippen LogP contribution is -2.31. The summed E-state index contributed by atoms with van der Waals surface area (Å²) >= 11 is 6.06. The highest BCUT2D eigenvalue weighted by atomic mass is 35.5. The molecule has 1 atom stereocenters. The number of fused-ring (bicyclic) bond motifs is 1. The standard InChI is InChI=1S/C17H17ClN4O3/c1-9(16(23)20-10-4-6-15(25-2)12(18)7-10)19-11-3-5-13-14(8-11)22-17(24)21-13/h3-9,19H,1-2H3,(H,20,23)(H2,21,22,24). The molecule has 1 unspecified atom stereocenters. The lowest BCUT2D eigenvalue weighted by Gasteiger charge is -2.16. The Hall–Kier alpha value is -2.93. The van der Waals surface area contributed by atoms with Crippen LogP contribution < -0.4 is 21.1 Å². The van der Waals surface area contributed by atoms with Crippen LogP contribution in [0.25, 0.3) is 11.0 Å². The summed E-state index contributed by atoms with van der Waals surface area (Å²) in [4.78, 5) is 29.0. The van der Waals surface area contributed by atoms with Crippen LogP contribution in [0.1, 0.15) is 6.92 Å². The number of aromatic nitrogens is 2. The highest BCUT2D eigenvalue weighted by Gasteiger charge is 2.14. The van der Waals surface area contributed by atoms with Gasteiger partial charge in [0.15, 0.2) is 0 Å². The Morgan fingerprint density at radius 2 is 1.84 bits per heavy atom. The Balaban J connectivity index is 1.69. The topological polar surface area (TPSA) is 99.0 Å². The molecule has 3 rings (SSSR count). The van der Waals surface area contributed by atoms with Crippen LogP contribution in [0.5, 0.6) is 5.75 Å². The Labute approximate surface area is 148 Å². The molecule has 2 aromatic carbocycles. The molecule has 3 aromatic rings. The molecule has 0 radical (unpaired) electrons. The molecule has 0 saturated carbocycles. The Morgan fingerprint density at radius 3 is 2.56 bits per heavy atom. The predicted octanol–water partition coefficient (Wildman–Crippen LogP) is 2.96. The number of benzene rings is 2. The van der Waals surface area contributed by atoms with E-state index in [0.717, 1.165) is 5.69 Å². The average molecular weight is 361 g/mol. The van der Waals surface area contributed by atoms with E-state index in [9.17, 15) is 9.59 Å². The SMILES string of the molecule is COc1ccc(NC(=O)C(C)Nc2ccc3[nH]c(=O)[nH]c3c2)cc1Cl. The second kappa shape index (κ2) is 6.90. The quantitative estimate of drug-likeness (QED) is 0.562. The van der Waals surface area contributed by atoms with E-state index >= 15 is 0 Å². The lowest BCUT2D eigenvalue weighted by molar-refractivity contribution is -0.116. The van der Waals surface area contributed by atoms with Crippen LogP contribution in [0.2, 0.25) is 5.02 Å². The van der Waals surface area contributed by atoms with Gasteiger partial charge in [-0.25, -0.2) is 4.79 Å². The van der Waals surface area contributed by atoms with E-state index in [2.05, 4.69) is 20.6 Å². The third-order valence-electron chi connectivity index (χ3n) is 3.71. The average Bonchev–Trinajstić information content (AvgIpc) is 2.94. The van der Waals surface area contributed by atoms with Gasteiger partial charge in [-0.05, 0) is 43.3 Å². The van der Waals surface area contributed by atoms with Crippen LogP contribution in [-0.4, -0.2) is 29.0 Å². The van der Waals surface area contributed by atoms with Gasteiger partial charge in [0.1, 0.15) is 11.8 Å². The fourth-order valence-electron chi connectivity index (χ4n) is 2.43. The highest BCUT2D eigenvalue weighted by molar-refractivity contribution is 6.32. The molecule has 1 aromatic heterocycles. The number of amides is 1. The van der Waals surface area contributed by atoms with E-state index in [4.69, 9.17) is 16.3 Å². The maximum atomic E-state index is 12.3. The molecule has 0 saturated heterocycles. The molecule has 0 spiro atoms. The number of rotatable bonds is 5. The van der Waals surface area contributed by atoms with Crippen molar-refractivity contribution in [1.29, 1.82) is 0 Å². The molecule has 4 N–H and O–H groups in total. The van der Waals surface area contributed by atoms with Crippen LogP contribution >= 0.6 is 11.6 Å². The monoisotopic (exact) mass is 360 g/mol. The maximum Gasteiger partial charge on any atom is 0.323 e. The van der Waals surface area contributed by atoms with Crippen molar-refractivity contribution in [2.45, 2.75) is 13.0 Å². The van der Waals surface area contributed by atoms with Gasteiger partial charge in [-0.1, -0.05) is 11.6 Å². The summed E-state index contributed by atoms with van der Waals surface area (Å²) < 4.78 is 5.08. The molecule has 0 aliphatic heterocycles. The number of carbonyl (C=O) groups excluding carboxylic acids is 1. The third-order valence-corrected chi connectivity index (χ3v) is 4.01. The van der Waals surface area contributed by atoms with Gasteiger partial charge in [0.25, 0.3) is 0 Å². The van der Waals surface area contributed by atoms with Crippen molar-refractivity contribution < 1.29 is 9.53 Å². The van der Waals surface area contributed by atoms with E-state index < -0.39 is 6.04 Å². The number of halogens is 1. The first kappa shape index (κ1) is 16.9. The van der Waals surface area contributed by atoms with Crippen LogP contribution in [0.4, 0.5) is 11.4 Å². The first-order valence-electron chi connectivity index (χ1n) is 7.59. The normalized spacial score (nSPS) is 12.0. The molecule has 1 heterocycles. The lowest BCUT2D eigenvalue weighted by atomic mass is 10.2. The molecule has 1 amide bonds. The third kappa shape index (κ3) is 3.77. The molecule has 7 nitrogen and oxygen atoms in total. The van der Waals surface area contributed by atoms with Crippen LogP contribution in [0, 0.1) is 0 Å². The van der Waals surface area contributed by atoms with Crippen LogP contribution in [0.3, 0.4) is 0 Å². The predicted molar refractivity (Wildman–Crippen MR) is 98.6 cm³/mol. The van der Waals surface area contributed by atoms with E-state index in [1.165, 1.54) is 7.11 Å². The maximum absolute atomic E-state index is 12.3. The number of anilines is 2. The van der Waals surface area contributed by atoms with E-state index in [1.54, 1.807) is 43.3 Å². The largest absolute Gasteiger partial charge is 0.495 e. The van der Waals surface area contributed by atoms with Crippen molar-refractivity contribution in [2.75, 3.05) is 17.7 Å². The summed E-state index contributed by atoms with van der Waals surface area (Å²) in [5.41, 5.74) is 2.41. The minimum atomic E-state index is -0.496. The number of ether oxygens (including phenoxy) is 1. The number of methoxy groups -OCH3 is 1. The fourth-order valence-corrected chi connectivity index (χ4v) is 2.69. The molecular weight excluding hydrogens is 344 g/mol. The molecule has 130 valence electrons. The first-order valence-corrected chi connectivity index (χ1v) is 7.97. The number of hydrogen-bond donors (Lipinski definition) is 4. The van der Waals surface area contributed by atoms with Gasteiger partial charge in [0, 0.05) is 11.4 Å². The van der Waals surface area contributed by atoms with Crippen molar-refractivity contribution >= 4 is 39.9 Å². The molecule has 8 heteroatoms. The highest BCUT2D eigenvalue weighted by Crippen LogP contribution is 2.27. The second-order valence-electron chi connectivity index (χ2n) is 5.54. The van der Waals surface area contributed by atoms with Crippen molar-refractivity contribution in [3.8, 4) is 5.75 Å². The van der Waals surface area contributed by atoms with Gasteiger partial charge in [0.05, 0.1) is 23.2 Å². The number of imidazole rings is 1. The summed E-state index contributed by atoms with van der Waals surface area (Å²) in [7, 11) is 1.53. The van der Waals surface area contributed by atoms with Gasteiger partial charge in [0.2, 0.25) is 5.91 Å². The number of aromatic amines is 2. The van der Waals surface area contributed by atoms with E-state index in [-0.39, 0.29) is 11.6 Å². The number of H-pyrrole nitrogens is 2. The van der Waals surface area contributed by atoms with Gasteiger partial charge in [-0.2, -0.15) is 0 Å². The first-order chi connectivity index (χ1) is 12.0. The minimum Gasteiger partial charge on any atom is -0.495 e. The van der Waals surface area contributed by atoms with Crippen molar-refractivity contribution in [3.05, 3.63) is 51.9 Å². The van der Waals surface area contributed by atoms with Gasteiger partial charge in [-0.3, -0.25) is 4.79 Å². The Kier molecular flexibility index (Phi) is 4.67.